The summed E-state index contributed by atoms with van der Waals surface area (Å²) < 4.78 is 0. The minimum atomic E-state index is -1.26. The first-order valence-corrected chi connectivity index (χ1v) is 3.70. The number of rotatable bonds is 3. The molecule has 0 aliphatic heterocycles. The molecule has 0 aliphatic carbocycles. The number of carboxylic acids is 1. The highest BCUT2D eigenvalue weighted by atomic mass is 16.6. The third kappa shape index (κ3) is 1.77. The van der Waals surface area contributed by atoms with Crippen LogP contribution in [0.5, 0.6) is 0 Å². The van der Waals surface area contributed by atoms with Gasteiger partial charge in [0.25, 0.3) is 5.69 Å². The molecule has 0 aliphatic rings. The summed E-state index contributed by atoms with van der Waals surface area (Å²) >= 11 is 0. The number of hydrogen-bond acceptors (Lipinski definition) is 3. The van der Waals surface area contributed by atoms with Crippen LogP contribution in [-0.4, -0.2) is 16.0 Å². The first kappa shape index (κ1) is 9.91. The van der Waals surface area contributed by atoms with E-state index in [0.29, 0.717) is 0 Å². The summed E-state index contributed by atoms with van der Waals surface area (Å²) in [6, 6.07) is 5.59. The quantitative estimate of drug-likeness (QED) is 0.450. The minimum absolute atomic E-state index is 0.0324. The van der Waals surface area contributed by atoms with E-state index in [1.807, 2.05) is 0 Å². The number of nitrogens with zero attached hydrogens (tertiary/aromatic N) is 1. The third-order valence-electron chi connectivity index (χ3n) is 1.68. The lowest BCUT2D eigenvalue weighted by atomic mass is 10.1. The Labute approximate surface area is 79.4 Å². The molecule has 0 saturated heterocycles. The maximum Gasteiger partial charge on any atom is 0.335 e. The molecule has 1 N–H and O–H groups in total. The van der Waals surface area contributed by atoms with Gasteiger partial charge in [-0.25, -0.2) is 4.79 Å². The van der Waals surface area contributed by atoms with Gasteiger partial charge in [-0.05, 0) is 6.07 Å². The zero-order chi connectivity index (χ0) is 10.7. The molecule has 0 spiro atoms. The molecule has 1 aromatic rings. The fourth-order valence-corrected chi connectivity index (χ4v) is 1.00. The van der Waals surface area contributed by atoms with Gasteiger partial charge in [0.05, 0.1) is 16.1 Å². The highest BCUT2D eigenvalue weighted by Gasteiger charge is 2.18. The highest BCUT2D eigenvalue weighted by Crippen LogP contribution is 2.24. The Hall–Kier alpha value is -2.17. The van der Waals surface area contributed by atoms with E-state index in [9.17, 15) is 14.9 Å². The van der Waals surface area contributed by atoms with Crippen LogP contribution in [0.25, 0.3) is 5.57 Å². The molecule has 0 unspecified atom stereocenters. The standard InChI is InChI=1S/C9H7NO4/c1-6(9(11)12)7-4-2-3-5-8(7)10(13)14/h2-5H,1H2,(H,11,12). The Morgan fingerprint density at radius 2 is 2.00 bits per heavy atom. The second-order valence-electron chi connectivity index (χ2n) is 2.56. The van der Waals surface area contributed by atoms with Gasteiger partial charge in [0.1, 0.15) is 0 Å². The van der Waals surface area contributed by atoms with E-state index in [4.69, 9.17) is 5.11 Å². The van der Waals surface area contributed by atoms with Gasteiger partial charge in [-0.2, -0.15) is 0 Å². The van der Waals surface area contributed by atoms with E-state index in [-0.39, 0.29) is 16.8 Å². The van der Waals surface area contributed by atoms with Crippen LogP contribution in [0.2, 0.25) is 0 Å². The van der Waals surface area contributed by atoms with Crippen LogP contribution in [0.1, 0.15) is 5.56 Å². The van der Waals surface area contributed by atoms with Crippen molar-refractivity contribution in [1.29, 1.82) is 0 Å². The summed E-state index contributed by atoms with van der Waals surface area (Å²) in [5.41, 5.74) is -0.498. The zero-order valence-corrected chi connectivity index (χ0v) is 7.14. The van der Waals surface area contributed by atoms with Crippen molar-refractivity contribution in [3.05, 3.63) is 46.5 Å². The van der Waals surface area contributed by atoms with Gasteiger partial charge in [0.15, 0.2) is 0 Å². The van der Waals surface area contributed by atoms with E-state index in [0.717, 1.165) is 0 Å². The van der Waals surface area contributed by atoms with Gasteiger partial charge in [-0.15, -0.1) is 0 Å². The van der Waals surface area contributed by atoms with Gasteiger partial charge >= 0.3 is 5.97 Å². The van der Waals surface area contributed by atoms with E-state index in [1.165, 1.54) is 24.3 Å². The Balaban J connectivity index is 3.27. The summed E-state index contributed by atoms with van der Waals surface area (Å²) in [6.07, 6.45) is 0. The van der Waals surface area contributed by atoms with Crippen LogP contribution >= 0.6 is 0 Å². The lowest BCUT2D eigenvalue weighted by molar-refractivity contribution is -0.385. The molecule has 0 radical (unpaired) electrons. The Morgan fingerprint density at radius 1 is 1.43 bits per heavy atom. The van der Waals surface area contributed by atoms with E-state index in [2.05, 4.69) is 6.58 Å². The molecule has 0 aromatic heterocycles. The van der Waals surface area contributed by atoms with Crippen molar-refractivity contribution in [3.63, 3.8) is 0 Å². The first-order valence-electron chi connectivity index (χ1n) is 3.70. The fraction of sp³-hybridized carbons (Fsp3) is 0. The summed E-state index contributed by atoms with van der Waals surface area (Å²) in [7, 11) is 0. The lowest BCUT2D eigenvalue weighted by Gasteiger charge is -2.00. The number of aliphatic carboxylic acids is 1. The van der Waals surface area contributed by atoms with Crippen LogP contribution in [0.15, 0.2) is 30.8 Å². The summed E-state index contributed by atoms with van der Waals surface area (Å²) in [5.74, 6) is -1.26. The molecule has 5 nitrogen and oxygen atoms in total. The maximum absolute atomic E-state index is 10.6. The van der Waals surface area contributed by atoms with Gasteiger partial charge < -0.3 is 5.11 Å². The monoisotopic (exact) mass is 193 g/mol. The van der Waals surface area contributed by atoms with Crippen molar-refractivity contribution in [2.45, 2.75) is 0 Å². The number of nitro benzene ring substituents is 1. The van der Waals surface area contributed by atoms with Crippen molar-refractivity contribution in [2.24, 2.45) is 0 Å². The second-order valence-corrected chi connectivity index (χ2v) is 2.56. The Bertz CT molecular complexity index is 411. The molecule has 0 heterocycles. The smallest absolute Gasteiger partial charge is 0.335 e. The average Bonchev–Trinajstić information content (AvgIpc) is 2.16. The third-order valence-corrected chi connectivity index (χ3v) is 1.68. The van der Waals surface area contributed by atoms with Gasteiger partial charge in [-0.1, -0.05) is 18.7 Å². The molecule has 1 rings (SSSR count). The zero-order valence-electron chi connectivity index (χ0n) is 7.14. The molecule has 14 heavy (non-hydrogen) atoms. The van der Waals surface area contributed by atoms with E-state index in [1.54, 1.807) is 0 Å². The Morgan fingerprint density at radius 3 is 2.50 bits per heavy atom. The van der Waals surface area contributed by atoms with Crippen LogP contribution < -0.4 is 0 Å². The maximum atomic E-state index is 10.6. The molecule has 5 heteroatoms. The van der Waals surface area contributed by atoms with E-state index < -0.39 is 10.9 Å². The number of nitro groups is 1. The number of hydrogen-bond donors (Lipinski definition) is 1. The molecule has 0 saturated carbocycles. The van der Waals surface area contributed by atoms with Crippen molar-refractivity contribution < 1.29 is 14.8 Å². The van der Waals surface area contributed by atoms with Crippen LogP contribution in [-0.2, 0) is 4.79 Å². The SMILES string of the molecule is C=C(C(=O)O)c1ccccc1[N+](=O)[O-]. The second kappa shape index (κ2) is 3.69. The van der Waals surface area contributed by atoms with Crippen molar-refractivity contribution in [1.82, 2.24) is 0 Å². The number of carbonyl (C=O) groups is 1. The predicted octanol–water partition coefficient (Wildman–Crippen LogP) is 1.69. The molecule has 0 atom stereocenters. The molecule has 1 aromatic carbocycles. The average molecular weight is 193 g/mol. The summed E-state index contributed by atoms with van der Waals surface area (Å²) in [4.78, 5) is 20.4. The van der Waals surface area contributed by atoms with Crippen LogP contribution in [0, 0.1) is 10.1 Å². The first-order chi connectivity index (χ1) is 6.54. The number of carboxylic acid groups (broad SMARTS) is 1. The fourth-order valence-electron chi connectivity index (χ4n) is 1.00. The van der Waals surface area contributed by atoms with E-state index >= 15 is 0 Å². The highest BCUT2D eigenvalue weighted by molar-refractivity contribution is 6.15. The topological polar surface area (TPSA) is 80.4 Å². The molecular formula is C9H7NO4. The lowest BCUT2D eigenvalue weighted by Crippen LogP contribution is -2.01. The predicted molar refractivity (Wildman–Crippen MR) is 49.8 cm³/mol. The van der Waals surface area contributed by atoms with Gasteiger partial charge in [0, 0.05) is 6.07 Å². The minimum Gasteiger partial charge on any atom is -0.478 e. The molecule has 0 fully saturated rings. The van der Waals surface area contributed by atoms with Crippen molar-refractivity contribution in [2.75, 3.05) is 0 Å². The van der Waals surface area contributed by atoms with Gasteiger partial charge in [-0.3, -0.25) is 10.1 Å². The summed E-state index contributed by atoms with van der Waals surface area (Å²) in [5, 5.41) is 19.1. The largest absolute Gasteiger partial charge is 0.478 e. The molecular weight excluding hydrogens is 186 g/mol. The normalized spacial score (nSPS) is 9.43. The van der Waals surface area contributed by atoms with Crippen LogP contribution in [0.3, 0.4) is 0 Å². The van der Waals surface area contributed by atoms with Crippen LogP contribution in [0.4, 0.5) is 5.69 Å². The molecule has 0 bridgehead atoms. The molecule has 0 amide bonds. The Kier molecular flexibility index (Phi) is 2.62. The van der Waals surface area contributed by atoms with Crippen molar-refractivity contribution >= 4 is 17.2 Å². The number of benzene rings is 1. The number of para-hydroxylation sites is 1. The van der Waals surface area contributed by atoms with Gasteiger partial charge in [0.2, 0.25) is 0 Å². The molecule has 72 valence electrons. The van der Waals surface area contributed by atoms with Crippen molar-refractivity contribution in [3.8, 4) is 0 Å². The summed E-state index contributed by atoms with van der Waals surface area (Å²) in [6.45, 7) is 3.26.